The summed E-state index contributed by atoms with van der Waals surface area (Å²) in [5.41, 5.74) is 0.445. The van der Waals surface area contributed by atoms with Crippen LogP contribution in [0.5, 0.6) is 5.75 Å². The molecule has 8 heteroatoms. The van der Waals surface area contributed by atoms with E-state index in [2.05, 4.69) is 5.32 Å². The number of carbonyl (C=O) groups excluding carboxylic acids is 2. The summed E-state index contributed by atoms with van der Waals surface area (Å²) in [6.45, 7) is 0.0151. The van der Waals surface area contributed by atoms with Crippen LogP contribution in [0.4, 0.5) is 5.69 Å². The van der Waals surface area contributed by atoms with Crippen LogP contribution in [0.15, 0.2) is 24.3 Å². The molecule has 112 valence electrons. The second-order valence-electron chi connectivity index (χ2n) is 5.14. The van der Waals surface area contributed by atoms with Crippen LogP contribution in [-0.4, -0.2) is 39.1 Å². The number of imide groups is 1. The zero-order valence-corrected chi connectivity index (χ0v) is 12.1. The molecule has 0 aliphatic carbocycles. The first kappa shape index (κ1) is 13.9. The highest BCUT2D eigenvalue weighted by Crippen LogP contribution is 2.37. The van der Waals surface area contributed by atoms with Gasteiger partial charge in [0.05, 0.1) is 24.4 Å². The molecule has 2 atom stereocenters. The number of sulfonamides is 1. The van der Waals surface area contributed by atoms with E-state index in [4.69, 9.17) is 4.74 Å². The first-order valence-electron chi connectivity index (χ1n) is 6.43. The highest BCUT2D eigenvalue weighted by atomic mass is 32.2. The van der Waals surface area contributed by atoms with Crippen LogP contribution in [0, 0.1) is 5.92 Å². The molecule has 1 fully saturated rings. The summed E-state index contributed by atoms with van der Waals surface area (Å²) >= 11 is 0. The summed E-state index contributed by atoms with van der Waals surface area (Å²) in [5, 5.41) is 2.22. The van der Waals surface area contributed by atoms with Gasteiger partial charge in [-0.15, -0.1) is 0 Å². The lowest BCUT2D eigenvalue weighted by Gasteiger charge is -2.36. The van der Waals surface area contributed by atoms with Crippen molar-refractivity contribution >= 4 is 27.5 Å². The fourth-order valence-corrected chi connectivity index (χ4v) is 3.55. The number of rotatable bonds is 2. The van der Waals surface area contributed by atoms with Crippen molar-refractivity contribution in [1.82, 2.24) is 5.32 Å². The Hall–Kier alpha value is -2.09. The zero-order valence-electron chi connectivity index (χ0n) is 11.3. The lowest BCUT2D eigenvalue weighted by atomic mass is 9.99. The zero-order chi connectivity index (χ0) is 15.2. The van der Waals surface area contributed by atoms with Gasteiger partial charge in [-0.2, -0.15) is 0 Å². The number of hydrogen-bond donors (Lipinski definition) is 1. The van der Waals surface area contributed by atoms with E-state index in [1.807, 2.05) is 0 Å². The van der Waals surface area contributed by atoms with E-state index in [1.54, 1.807) is 24.3 Å². The molecule has 21 heavy (non-hydrogen) atoms. The molecule has 2 amide bonds. The Morgan fingerprint density at radius 1 is 1.29 bits per heavy atom. The molecule has 1 N–H and O–H groups in total. The normalized spacial score (nSPS) is 25.3. The number of amides is 2. The minimum absolute atomic E-state index is 0.0151. The number of benzene rings is 1. The van der Waals surface area contributed by atoms with Gasteiger partial charge in [-0.25, -0.2) is 8.42 Å². The first-order chi connectivity index (χ1) is 9.86. The number of ether oxygens (including phenoxy) is 1. The van der Waals surface area contributed by atoms with Crippen LogP contribution in [-0.2, 0) is 19.6 Å². The molecule has 0 spiro atoms. The SMILES string of the molecule is CS(=O)(=O)N1C[C@H](C2CC(=O)NC2=O)Oc2ccccc21. The lowest BCUT2D eigenvalue weighted by molar-refractivity contribution is -0.126. The van der Waals surface area contributed by atoms with Gasteiger partial charge < -0.3 is 4.74 Å². The maximum Gasteiger partial charge on any atom is 0.234 e. The Balaban J connectivity index is 1.98. The fourth-order valence-electron chi connectivity index (χ4n) is 2.62. The van der Waals surface area contributed by atoms with E-state index in [1.165, 1.54) is 4.31 Å². The van der Waals surface area contributed by atoms with Crippen LogP contribution in [0.25, 0.3) is 0 Å². The summed E-state index contributed by atoms with van der Waals surface area (Å²) in [4.78, 5) is 23.1. The molecule has 0 saturated carbocycles. The van der Waals surface area contributed by atoms with Crippen LogP contribution in [0.3, 0.4) is 0 Å². The van der Waals surface area contributed by atoms with Crippen molar-refractivity contribution in [2.24, 2.45) is 5.92 Å². The largest absolute Gasteiger partial charge is 0.485 e. The summed E-state index contributed by atoms with van der Waals surface area (Å²) in [5.74, 6) is -1.06. The summed E-state index contributed by atoms with van der Waals surface area (Å²) in [7, 11) is -3.50. The van der Waals surface area contributed by atoms with Gasteiger partial charge in [0.2, 0.25) is 21.8 Å². The molecule has 7 nitrogen and oxygen atoms in total. The van der Waals surface area contributed by atoms with Gasteiger partial charge in [-0.3, -0.25) is 19.2 Å². The van der Waals surface area contributed by atoms with Gasteiger partial charge in [0.15, 0.2) is 0 Å². The standard InChI is InChI=1S/C13H14N2O5S/c1-21(18,19)15-7-11(8-6-12(16)14-13(8)17)20-10-5-3-2-4-9(10)15/h2-5,8,11H,6-7H2,1H3,(H,14,16,17)/t8?,11-/m1/s1. The molecule has 0 bridgehead atoms. The van der Waals surface area contributed by atoms with E-state index in [9.17, 15) is 18.0 Å². The monoisotopic (exact) mass is 310 g/mol. The highest BCUT2D eigenvalue weighted by Gasteiger charge is 2.42. The second-order valence-corrected chi connectivity index (χ2v) is 7.05. The second kappa shape index (κ2) is 4.73. The van der Waals surface area contributed by atoms with E-state index < -0.39 is 28.0 Å². The maximum atomic E-state index is 12.0. The number of hydrogen-bond acceptors (Lipinski definition) is 5. The fraction of sp³-hybridized carbons (Fsp3) is 0.385. The number of carbonyl (C=O) groups is 2. The summed E-state index contributed by atoms with van der Waals surface area (Å²) in [6, 6.07) is 6.73. The first-order valence-corrected chi connectivity index (χ1v) is 8.28. The van der Waals surface area contributed by atoms with Crippen molar-refractivity contribution in [2.45, 2.75) is 12.5 Å². The van der Waals surface area contributed by atoms with Gasteiger partial charge in [-0.1, -0.05) is 12.1 Å². The Morgan fingerprint density at radius 2 is 2.00 bits per heavy atom. The van der Waals surface area contributed by atoms with Crippen molar-refractivity contribution < 1.29 is 22.7 Å². The molecule has 1 aromatic rings. The number of anilines is 1. The number of nitrogens with zero attached hydrogens (tertiary/aromatic N) is 1. The third-order valence-corrected chi connectivity index (χ3v) is 4.76. The molecule has 3 rings (SSSR count). The average molecular weight is 310 g/mol. The number of fused-ring (bicyclic) bond motifs is 1. The minimum atomic E-state index is -3.50. The molecule has 0 radical (unpaired) electrons. The summed E-state index contributed by atoms with van der Waals surface area (Å²) < 4.78 is 30.9. The average Bonchev–Trinajstić information content (AvgIpc) is 2.75. The molecule has 2 aliphatic heterocycles. The van der Waals surface area contributed by atoms with Crippen LogP contribution >= 0.6 is 0 Å². The molecule has 1 saturated heterocycles. The van der Waals surface area contributed by atoms with Crippen LogP contribution in [0.2, 0.25) is 0 Å². The number of para-hydroxylation sites is 2. The third kappa shape index (κ3) is 2.46. The van der Waals surface area contributed by atoms with Gasteiger partial charge in [0, 0.05) is 6.42 Å². The van der Waals surface area contributed by atoms with Gasteiger partial charge in [0.1, 0.15) is 11.9 Å². The van der Waals surface area contributed by atoms with Crippen molar-refractivity contribution in [3.63, 3.8) is 0 Å². The van der Waals surface area contributed by atoms with Gasteiger partial charge in [0.25, 0.3) is 0 Å². The maximum absolute atomic E-state index is 12.0. The van der Waals surface area contributed by atoms with Gasteiger partial charge >= 0.3 is 0 Å². The molecule has 0 aromatic heterocycles. The molecule has 1 unspecified atom stereocenters. The topological polar surface area (TPSA) is 92.8 Å². The summed E-state index contributed by atoms with van der Waals surface area (Å²) in [6.07, 6.45) is 0.441. The smallest absolute Gasteiger partial charge is 0.234 e. The van der Waals surface area contributed by atoms with Gasteiger partial charge in [-0.05, 0) is 12.1 Å². The van der Waals surface area contributed by atoms with Crippen LogP contribution < -0.4 is 14.4 Å². The van der Waals surface area contributed by atoms with Crippen molar-refractivity contribution in [1.29, 1.82) is 0 Å². The molecular weight excluding hydrogens is 296 g/mol. The Morgan fingerprint density at radius 3 is 2.62 bits per heavy atom. The Bertz CT molecular complexity index is 715. The quantitative estimate of drug-likeness (QED) is 0.769. The molecular formula is C13H14N2O5S. The van der Waals surface area contributed by atoms with Crippen molar-refractivity contribution in [3.8, 4) is 5.75 Å². The molecule has 2 aliphatic rings. The predicted octanol–water partition coefficient (Wildman–Crippen LogP) is -0.124. The Labute approximate surface area is 121 Å². The van der Waals surface area contributed by atoms with Crippen molar-refractivity contribution in [2.75, 3.05) is 17.1 Å². The predicted molar refractivity (Wildman–Crippen MR) is 74.3 cm³/mol. The minimum Gasteiger partial charge on any atom is -0.485 e. The van der Waals surface area contributed by atoms with Crippen LogP contribution in [0.1, 0.15) is 6.42 Å². The van der Waals surface area contributed by atoms with E-state index in [0.717, 1.165) is 6.26 Å². The van der Waals surface area contributed by atoms with E-state index in [-0.39, 0.29) is 18.9 Å². The Kier molecular flexibility index (Phi) is 3.12. The number of nitrogens with one attached hydrogen (secondary N) is 1. The van der Waals surface area contributed by atoms with E-state index in [0.29, 0.717) is 11.4 Å². The third-order valence-electron chi connectivity index (χ3n) is 3.61. The van der Waals surface area contributed by atoms with Crippen molar-refractivity contribution in [3.05, 3.63) is 24.3 Å². The lowest BCUT2D eigenvalue weighted by Crippen LogP contribution is -2.47. The molecule has 2 heterocycles. The molecule has 1 aromatic carbocycles. The highest BCUT2D eigenvalue weighted by molar-refractivity contribution is 7.92. The van der Waals surface area contributed by atoms with E-state index >= 15 is 0 Å².